The molecule has 1 heterocycles. The molecule has 3 heteroatoms. The van der Waals surface area contributed by atoms with Gasteiger partial charge in [0.25, 0.3) is 0 Å². The van der Waals surface area contributed by atoms with E-state index in [2.05, 4.69) is 11.2 Å². The molecule has 1 nitrogen and oxygen atoms in total. The fourth-order valence-electron chi connectivity index (χ4n) is 1.20. The molecule has 1 radical (unpaired) electrons. The van der Waals surface area contributed by atoms with E-state index in [1.165, 1.54) is 12.3 Å². The number of aromatic nitrogens is 1. The Morgan fingerprint density at radius 1 is 1.14 bits per heavy atom. The monoisotopic (exact) mass is 190 g/mol. The average Bonchev–Trinajstić information content (AvgIpc) is 2.23. The second kappa shape index (κ2) is 3.54. The zero-order valence-electron chi connectivity index (χ0n) is 7.17. The average molecular weight is 190 g/mol. The smallest absolute Gasteiger partial charge is 0.131 e. The van der Waals surface area contributed by atoms with Gasteiger partial charge in [-0.2, -0.15) is 0 Å². The van der Waals surface area contributed by atoms with Crippen LogP contribution in [0.2, 0.25) is 0 Å². The van der Waals surface area contributed by atoms with E-state index in [1.54, 1.807) is 6.07 Å². The van der Waals surface area contributed by atoms with Gasteiger partial charge in [-0.25, -0.2) is 8.78 Å². The molecule has 0 amide bonds. The van der Waals surface area contributed by atoms with Crippen LogP contribution in [0.4, 0.5) is 8.78 Å². The summed E-state index contributed by atoms with van der Waals surface area (Å²) in [5.74, 6) is -0.913. The molecule has 1 aromatic carbocycles. The fraction of sp³-hybridized carbons (Fsp3) is 0. The lowest BCUT2D eigenvalue weighted by atomic mass is 10.1. The fourth-order valence-corrected chi connectivity index (χ4v) is 1.20. The molecule has 0 saturated heterocycles. The van der Waals surface area contributed by atoms with E-state index in [1.807, 2.05) is 0 Å². The number of hydrogen-bond acceptors (Lipinski definition) is 1. The number of halogens is 2. The first kappa shape index (κ1) is 8.81. The van der Waals surface area contributed by atoms with Gasteiger partial charge in [0.15, 0.2) is 0 Å². The van der Waals surface area contributed by atoms with Crippen molar-refractivity contribution in [2.75, 3.05) is 0 Å². The predicted molar refractivity (Wildman–Crippen MR) is 48.4 cm³/mol. The molecule has 0 bridgehead atoms. The van der Waals surface area contributed by atoms with Gasteiger partial charge in [-0.1, -0.05) is 0 Å². The van der Waals surface area contributed by atoms with Crippen LogP contribution >= 0.6 is 0 Å². The number of rotatable bonds is 1. The molecule has 14 heavy (non-hydrogen) atoms. The number of nitrogens with zero attached hydrogens (tertiary/aromatic N) is 1. The molecule has 0 atom stereocenters. The highest BCUT2D eigenvalue weighted by molar-refractivity contribution is 5.63. The molecule has 0 unspecified atom stereocenters. The summed E-state index contributed by atoms with van der Waals surface area (Å²) in [4.78, 5) is 3.68. The van der Waals surface area contributed by atoms with Crippen molar-refractivity contribution in [2.45, 2.75) is 0 Å². The maximum Gasteiger partial charge on any atom is 0.131 e. The van der Waals surface area contributed by atoms with Gasteiger partial charge in [-0.05, 0) is 35.9 Å². The van der Waals surface area contributed by atoms with E-state index in [9.17, 15) is 8.78 Å². The van der Waals surface area contributed by atoms with Gasteiger partial charge in [-0.3, -0.25) is 4.98 Å². The Bertz CT molecular complexity index is 440. The van der Waals surface area contributed by atoms with Gasteiger partial charge < -0.3 is 0 Å². The normalized spacial score (nSPS) is 10.1. The Kier molecular flexibility index (Phi) is 2.23. The van der Waals surface area contributed by atoms with Crippen molar-refractivity contribution in [1.82, 2.24) is 4.98 Å². The largest absolute Gasteiger partial charge is 0.255 e. The van der Waals surface area contributed by atoms with Gasteiger partial charge in [0.1, 0.15) is 11.6 Å². The highest BCUT2D eigenvalue weighted by Crippen LogP contribution is 2.22. The quantitative estimate of drug-likeness (QED) is 0.673. The summed E-state index contributed by atoms with van der Waals surface area (Å²) in [6.45, 7) is 0. The Hall–Kier alpha value is -1.77. The van der Waals surface area contributed by atoms with Crippen molar-refractivity contribution in [3.05, 3.63) is 54.4 Å². The molecule has 0 saturated carbocycles. The Morgan fingerprint density at radius 2 is 2.00 bits per heavy atom. The molecule has 2 rings (SSSR count). The Labute approximate surface area is 80.0 Å². The van der Waals surface area contributed by atoms with Gasteiger partial charge in [-0.15, -0.1) is 0 Å². The van der Waals surface area contributed by atoms with Crippen molar-refractivity contribution in [3.8, 4) is 11.1 Å². The summed E-state index contributed by atoms with van der Waals surface area (Å²) in [6.07, 6.45) is 4.05. The van der Waals surface area contributed by atoms with Crippen LogP contribution in [-0.4, -0.2) is 4.98 Å². The summed E-state index contributed by atoms with van der Waals surface area (Å²) < 4.78 is 26.1. The minimum absolute atomic E-state index is 0.226. The maximum absolute atomic E-state index is 13.3. The van der Waals surface area contributed by atoms with Crippen LogP contribution in [0.25, 0.3) is 11.1 Å². The molecule has 0 spiro atoms. The Morgan fingerprint density at radius 3 is 2.71 bits per heavy atom. The molecule has 69 valence electrons. The standard InChI is InChI=1S/C11H6F2N/c12-9-1-2-11(13)10(7-9)8-3-5-14-6-4-8/h1-5,7H. The van der Waals surface area contributed by atoms with Crippen molar-refractivity contribution in [2.24, 2.45) is 0 Å². The summed E-state index contributed by atoms with van der Waals surface area (Å²) in [5.41, 5.74) is 0.792. The first-order chi connectivity index (χ1) is 6.77. The third-order valence-corrected chi connectivity index (χ3v) is 1.86. The molecular formula is C11H6F2N. The van der Waals surface area contributed by atoms with E-state index in [0.717, 1.165) is 18.2 Å². The molecule has 0 aliphatic rings. The minimum atomic E-state index is -0.460. The van der Waals surface area contributed by atoms with Crippen LogP contribution in [0, 0.1) is 17.8 Å². The molecule has 1 aromatic heterocycles. The molecular weight excluding hydrogens is 184 g/mol. The summed E-state index contributed by atoms with van der Waals surface area (Å²) in [6, 6.07) is 6.46. The molecule has 0 fully saturated rings. The Balaban J connectivity index is 2.57. The van der Waals surface area contributed by atoms with Crippen molar-refractivity contribution in [3.63, 3.8) is 0 Å². The minimum Gasteiger partial charge on any atom is -0.255 e. The van der Waals surface area contributed by atoms with Crippen LogP contribution in [0.1, 0.15) is 0 Å². The molecule has 0 N–H and O–H groups in total. The molecule has 0 aliphatic carbocycles. The zero-order chi connectivity index (χ0) is 9.97. The van der Waals surface area contributed by atoms with Gasteiger partial charge in [0, 0.05) is 11.8 Å². The van der Waals surface area contributed by atoms with Crippen molar-refractivity contribution in [1.29, 1.82) is 0 Å². The molecule has 2 aromatic rings. The number of hydrogen-bond donors (Lipinski definition) is 0. The number of benzene rings is 1. The number of pyridine rings is 1. The van der Waals surface area contributed by atoms with E-state index >= 15 is 0 Å². The van der Waals surface area contributed by atoms with Crippen molar-refractivity contribution >= 4 is 0 Å². The lowest BCUT2D eigenvalue weighted by Gasteiger charge is -2.02. The zero-order valence-corrected chi connectivity index (χ0v) is 7.17. The van der Waals surface area contributed by atoms with Gasteiger partial charge in [0.2, 0.25) is 0 Å². The van der Waals surface area contributed by atoms with Gasteiger partial charge in [0.05, 0.1) is 6.20 Å². The third-order valence-electron chi connectivity index (χ3n) is 1.86. The van der Waals surface area contributed by atoms with E-state index < -0.39 is 11.6 Å². The predicted octanol–water partition coefficient (Wildman–Crippen LogP) is 2.83. The topological polar surface area (TPSA) is 12.9 Å². The van der Waals surface area contributed by atoms with E-state index in [-0.39, 0.29) is 5.56 Å². The first-order valence-electron chi connectivity index (χ1n) is 4.05. The third kappa shape index (κ3) is 1.62. The summed E-state index contributed by atoms with van der Waals surface area (Å²) in [5, 5.41) is 0. The van der Waals surface area contributed by atoms with Crippen LogP contribution in [0.15, 0.2) is 36.5 Å². The summed E-state index contributed by atoms with van der Waals surface area (Å²) in [7, 11) is 0. The second-order valence-electron chi connectivity index (χ2n) is 2.80. The van der Waals surface area contributed by atoms with Gasteiger partial charge >= 0.3 is 0 Å². The second-order valence-corrected chi connectivity index (χ2v) is 2.80. The SMILES string of the molecule is Fc1ccc(F)c(-c2c[c]ncc2)c1. The molecule has 0 aliphatic heterocycles. The lowest BCUT2D eigenvalue weighted by molar-refractivity contribution is 0.603. The van der Waals surface area contributed by atoms with Crippen LogP contribution in [0.5, 0.6) is 0 Å². The lowest BCUT2D eigenvalue weighted by Crippen LogP contribution is -1.86. The first-order valence-corrected chi connectivity index (χ1v) is 4.05. The van der Waals surface area contributed by atoms with Crippen LogP contribution in [-0.2, 0) is 0 Å². The van der Waals surface area contributed by atoms with Crippen LogP contribution < -0.4 is 0 Å². The highest BCUT2D eigenvalue weighted by atomic mass is 19.1. The maximum atomic E-state index is 13.3. The van der Waals surface area contributed by atoms with Crippen LogP contribution in [0.3, 0.4) is 0 Å². The van der Waals surface area contributed by atoms with E-state index in [4.69, 9.17) is 0 Å². The van der Waals surface area contributed by atoms with E-state index in [0.29, 0.717) is 5.56 Å². The van der Waals surface area contributed by atoms with Crippen molar-refractivity contribution < 1.29 is 8.78 Å². The summed E-state index contributed by atoms with van der Waals surface area (Å²) >= 11 is 0. The highest BCUT2D eigenvalue weighted by Gasteiger charge is 2.05.